The van der Waals surface area contributed by atoms with Crippen LogP contribution in [0.25, 0.3) is 0 Å². The van der Waals surface area contributed by atoms with Crippen molar-refractivity contribution in [1.82, 2.24) is 9.21 Å². The van der Waals surface area contributed by atoms with Crippen molar-refractivity contribution in [3.05, 3.63) is 24.3 Å². The number of rotatable bonds is 5. The van der Waals surface area contributed by atoms with Crippen LogP contribution < -0.4 is 4.74 Å². The molecular weight excluding hydrogens is 324 g/mol. The van der Waals surface area contributed by atoms with E-state index in [0.29, 0.717) is 29.7 Å². The maximum absolute atomic E-state index is 12.8. The first-order valence-corrected chi connectivity index (χ1v) is 10.4. The van der Waals surface area contributed by atoms with Crippen LogP contribution in [0.3, 0.4) is 0 Å². The summed E-state index contributed by atoms with van der Waals surface area (Å²) in [6.45, 7) is 4.82. The largest absolute Gasteiger partial charge is 0.497 e. The smallest absolute Gasteiger partial charge is 0.243 e. The minimum absolute atomic E-state index is 0.359. The molecule has 5 nitrogen and oxygen atoms in total. The zero-order valence-corrected chi connectivity index (χ0v) is 15.3. The number of benzene rings is 1. The van der Waals surface area contributed by atoms with Crippen LogP contribution >= 0.6 is 0 Å². The van der Waals surface area contributed by atoms with Crippen molar-refractivity contribution < 1.29 is 13.2 Å². The first-order chi connectivity index (χ1) is 11.6. The Morgan fingerprint density at radius 3 is 2.21 bits per heavy atom. The molecule has 2 saturated heterocycles. The second-order valence-corrected chi connectivity index (χ2v) is 8.82. The van der Waals surface area contributed by atoms with Crippen molar-refractivity contribution >= 4 is 10.0 Å². The third-order valence-corrected chi connectivity index (χ3v) is 7.15. The molecule has 24 heavy (non-hydrogen) atoms. The van der Waals surface area contributed by atoms with Gasteiger partial charge in [0.2, 0.25) is 10.0 Å². The molecule has 0 aliphatic carbocycles. The Morgan fingerprint density at radius 2 is 1.62 bits per heavy atom. The molecule has 3 rings (SSSR count). The van der Waals surface area contributed by atoms with E-state index in [1.807, 2.05) is 0 Å². The molecule has 0 radical (unpaired) electrons. The van der Waals surface area contributed by atoms with Crippen molar-refractivity contribution in [3.8, 4) is 5.75 Å². The van der Waals surface area contributed by atoms with Gasteiger partial charge >= 0.3 is 0 Å². The number of ether oxygens (including phenoxy) is 1. The highest BCUT2D eigenvalue weighted by Gasteiger charge is 2.30. The Bertz CT molecular complexity index is 616. The van der Waals surface area contributed by atoms with Crippen LogP contribution in [0.1, 0.15) is 32.1 Å². The molecule has 0 aromatic heterocycles. The number of hydrogen-bond donors (Lipinski definition) is 0. The second kappa shape index (κ2) is 7.85. The van der Waals surface area contributed by atoms with Crippen LogP contribution in [0, 0.1) is 5.92 Å². The Hall–Kier alpha value is -1.11. The summed E-state index contributed by atoms with van der Waals surface area (Å²) >= 11 is 0. The lowest BCUT2D eigenvalue weighted by Crippen LogP contribution is -2.42. The Balaban J connectivity index is 1.56. The zero-order chi connectivity index (χ0) is 17.0. The maximum atomic E-state index is 12.8. The molecule has 2 aliphatic heterocycles. The number of sulfonamides is 1. The number of piperidine rings is 2. The van der Waals surface area contributed by atoms with Crippen LogP contribution in [0.2, 0.25) is 0 Å². The Kier molecular flexibility index (Phi) is 5.79. The lowest BCUT2D eigenvalue weighted by atomic mass is 9.96. The van der Waals surface area contributed by atoms with Crippen LogP contribution in [0.15, 0.2) is 29.2 Å². The topological polar surface area (TPSA) is 49.9 Å². The fourth-order valence-corrected chi connectivity index (χ4v) is 5.21. The molecule has 0 atom stereocenters. The molecule has 0 unspecified atom stereocenters. The average Bonchev–Trinajstić information content (AvgIpc) is 2.63. The third kappa shape index (κ3) is 4.10. The van der Waals surface area contributed by atoms with Gasteiger partial charge in [-0.1, -0.05) is 6.42 Å². The van der Waals surface area contributed by atoms with E-state index in [0.717, 1.165) is 19.4 Å². The summed E-state index contributed by atoms with van der Waals surface area (Å²) in [5.74, 6) is 1.31. The molecule has 0 amide bonds. The number of nitrogens with zero attached hydrogens (tertiary/aromatic N) is 2. The SMILES string of the molecule is COc1ccc(S(=O)(=O)N2CCC(CN3CCCCC3)CC2)cc1. The van der Waals surface area contributed by atoms with E-state index >= 15 is 0 Å². The van der Waals surface area contributed by atoms with E-state index in [2.05, 4.69) is 4.90 Å². The molecule has 134 valence electrons. The number of hydrogen-bond acceptors (Lipinski definition) is 4. The molecule has 2 aliphatic rings. The van der Waals surface area contributed by atoms with Gasteiger partial charge in [-0.25, -0.2) is 8.42 Å². The molecule has 0 N–H and O–H groups in total. The van der Waals surface area contributed by atoms with E-state index in [1.165, 1.54) is 32.4 Å². The summed E-state index contributed by atoms with van der Waals surface area (Å²) in [6.07, 6.45) is 5.90. The first-order valence-electron chi connectivity index (χ1n) is 8.96. The highest BCUT2D eigenvalue weighted by Crippen LogP contribution is 2.26. The molecule has 2 fully saturated rings. The van der Waals surface area contributed by atoms with Gasteiger partial charge in [0.15, 0.2) is 0 Å². The second-order valence-electron chi connectivity index (χ2n) is 6.88. The van der Waals surface area contributed by atoms with E-state index < -0.39 is 10.0 Å². The lowest BCUT2D eigenvalue weighted by molar-refractivity contribution is 0.161. The van der Waals surface area contributed by atoms with E-state index in [9.17, 15) is 8.42 Å². The molecular formula is C18H28N2O3S. The van der Waals surface area contributed by atoms with Crippen molar-refractivity contribution in [2.45, 2.75) is 37.0 Å². The first kappa shape index (κ1) is 17.7. The normalized spacial score (nSPS) is 21.7. The third-order valence-electron chi connectivity index (χ3n) is 5.24. The molecule has 0 saturated carbocycles. The summed E-state index contributed by atoms with van der Waals surface area (Å²) in [4.78, 5) is 2.92. The highest BCUT2D eigenvalue weighted by molar-refractivity contribution is 7.89. The van der Waals surface area contributed by atoms with Gasteiger partial charge in [-0.3, -0.25) is 0 Å². The van der Waals surface area contributed by atoms with Crippen molar-refractivity contribution in [2.24, 2.45) is 5.92 Å². The predicted molar refractivity (Wildman–Crippen MR) is 94.8 cm³/mol. The Labute approximate surface area is 145 Å². The van der Waals surface area contributed by atoms with Crippen molar-refractivity contribution in [2.75, 3.05) is 39.8 Å². The summed E-state index contributed by atoms with van der Waals surface area (Å²) in [5, 5.41) is 0. The molecule has 1 aromatic rings. The van der Waals surface area contributed by atoms with Crippen LogP contribution in [-0.4, -0.2) is 57.5 Å². The van der Waals surface area contributed by atoms with Gasteiger partial charge in [0.1, 0.15) is 5.75 Å². The quantitative estimate of drug-likeness (QED) is 0.817. The van der Waals surface area contributed by atoms with Crippen molar-refractivity contribution in [1.29, 1.82) is 0 Å². The molecule has 1 aromatic carbocycles. The van der Waals surface area contributed by atoms with Crippen molar-refractivity contribution in [3.63, 3.8) is 0 Å². The van der Waals surface area contributed by atoms with Crippen LogP contribution in [0.5, 0.6) is 5.75 Å². The molecule has 6 heteroatoms. The fraction of sp³-hybridized carbons (Fsp3) is 0.667. The minimum atomic E-state index is -3.38. The zero-order valence-electron chi connectivity index (χ0n) is 14.5. The fourth-order valence-electron chi connectivity index (χ4n) is 3.74. The monoisotopic (exact) mass is 352 g/mol. The maximum Gasteiger partial charge on any atom is 0.243 e. The Morgan fingerprint density at radius 1 is 1.00 bits per heavy atom. The van der Waals surface area contributed by atoms with Gasteiger partial charge in [0.05, 0.1) is 12.0 Å². The van der Waals surface area contributed by atoms with E-state index in [4.69, 9.17) is 4.74 Å². The predicted octanol–water partition coefficient (Wildman–Crippen LogP) is 2.58. The van der Waals surface area contributed by atoms with Gasteiger partial charge in [-0.2, -0.15) is 4.31 Å². The molecule has 2 heterocycles. The van der Waals surface area contributed by atoms with Gasteiger partial charge < -0.3 is 9.64 Å². The summed E-state index contributed by atoms with van der Waals surface area (Å²) < 4.78 is 32.3. The molecule has 0 spiro atoms. The molecule has 0 bridgehead atoms. The summed E-state index contributed by atoms with van der Waals surface area (Å²) in [5.41, 5.74) is 0. The van der Waals surface area contributed by atoms with Gasteiger partial charge in [-0.05, 0) is 69.0 Å². The number of methoxy groups -OCH3 is 1. The number of likely N-dealkylation sites (tertiary alicyclic amines) is 1. The minimum Gasteiger partial charge on any atom is -0.497 e. The van der Waals surface area contributed by atoms with Gasteiger partial charge in [-0.15, -0.1) is 0 Å². The van der Waals surface area contributed by atoms with E-state index in [-0.39, 0.29) is 0 Å². The summed E-state index contributed by atoms with van der Waals surface area (Å²) in [7, 11) is -1.80. The summed E-state index contributed by atoms with van der Waals surface area (Å²) in [6, 6.07) is 6.67. The average molecular weight is 353 g/mol. The highest BCUT2D eigenvalue weighted by atomic mass is 32.2. The standard InChI is InChI=1S/C18H28N2O3S/c1-23-17-5-7-18(8-6-17)24(21,22)20-13-9-16(10-14-20)15-19-11-3-2-4-12-19/h5-8,16H,2-4,9-15H2,1H3. The van der Waals surface area contributed by atoms with Gasteiger partial charge in [0, 0.05) is 19.6 Å². The van der Waals surface area contributed by atoms with Crippen LogP contribution in [0.4, 0.5) is 0 Å². The van der Waals surface area contributed by atoms with E-state index in [1.54, 1.807) is 35.7 Å². The lowest BCUT2D eigenvalue weighted by Gasteiger charge is -2.35. The van der Waals surface area contributed by atoms with Gasteiger partial charge in [0.25, 0.3) is 0 Å². The van der Waals surface area contributed by atoms with Crippen LogP contribution in [-0.2, 0) is 10.0 Å².